The Morgan fingerprint density at radius 2 is 2.06 bits per heavy atom. The van der Waals surface area contributed by atoms with Crippen molar-refractivity contribution in [3.63, 3.8) is 0 Å². The normalized spacial score (nSPS) is 10.2. The van der Waals surface area contributed by atoms with Crippen LogP contribution in [-0.4, -0.2) is 4.98 Å². The van der Waals surface area contributed by atoms with Crippen molar-refractivity contribution in [2.75, 3.05) is 5.43 Å². The van der Waals surface area contributed by atoms with Crippen molar-refractivity contribution >= 4 is 17.3 Å². The Hall–Kier alpha value is -1.78. The third kappa shape index (κ3) is 2.72. The lowest BCUT2D eigenvalue weighted by atomic mass is 10.2. The Bertz CT molecular complexity index is 549. The number of hydrazine groups is 1. The number of hydrogen-bond donors (Lipinski definition) is 2. The highest BCUT2D eigenvalue weighted by atomic mass is 35.5. The molecule has 0 aliphatic rings. The summed E-state index contributed by atoms with van der Waals surface area (Å²) in [5.74, 6) is 6.60. The number of aryl methyl sites for hydroxylation is 2. The van der Waals surface area contributed by atoms with E-state index in [0.717, 1.165) is 16.9 Å². The molecular formula is C13H14ClN3O. The molecule has 0 atom stereocenters. The standard InChI is InChI=1S/C13H14ClN3O/c1-8-6-12(16-9(2)13(8)17-15)18-11-5-3-4-10(14)7-11/h3-7,17H,15H2,1-2H3. The minimum atomic E-state index is 0.520. The average Bonchev–Trinajstić information content (AvgIpc) is 2.28. The topological polar surface area (TPSA) is 60.2 Å². The van der Waals surface area contributed by atoms with E-state index in [0.29, 0.717) is 16.7 Å². The molecule has 0 radical (unpaired) electrons. The number of rotatable bonds is 3. The number of nitrogens with zero attached hydrogens (tertiary/aromatic N) is 1. The predicted octanol–water partition coefficient (Wildman–Crippen LogP) is 3.43. The molecule has 2 aromatic rings. The Balaban J connectivity index is 2.30. The quantitative estimate of drug-likeness (QED) is 0.658. The first-order valence-corrected chi connectivity index (χ1v) is 5.86. The summed E-state index contributed by atoms with van der Waals surface area (Å²) in [6.07, 6.45) is 0. The average molecular weight is 264 g/mol. The second-order valence-electron chi connectivity index (χ2n) is 3.94. The molecule has 0 bridgehead atoms. The molecule has 1 heterocycles. The van der Waals surface area contributed by atoms with Gasteiger partial charge in [-0.15, -0.1) is 0 Å². The van der Waals surface area contributed by atoms with E-state index in [1.165, 1.54) is 0 Å². The number of nitrogens with one attached hydrogen (secondary N) is 1. The molecule has 3 N–H and O–H groups in total. The number of halogens is 1. The summed E-state index contributed by atoms with van der Waals surface area (Å²) in [5, 5.41) is 0.626. The number of nitrogens with two attached hydrogens (primary N) is 1. The van der Waals surface area contributed by atoms with Gasteiger partial charge in [-0.25, -0.2) is 4.98 Å². The van der Waals surface area contributed by atoms with E-state index in [1.807, 2.05) is 32.0 Å². The van der Waals surface area contributed by atoms with Crippen molar-refractivity contribution in [1.82, 2.24) is 4.98 Å². The molecule has 2 rings (SSSR count). The third-order valence-electron chi connectivity index (χ3n) is 2.54. The van der Waals surface area contributed by atoms with Gasteiger partial charge in [-0.1, -0.05) is 17.7 Å². The summed E-state index contributed by atoms with van der Waals surface area (Å²) in [7, 11) is 0. The number of nitrogen functional groups attached to an aromatic ring is 1. The minimum absolute atomic E-state index is 0.520. The molecule has 1 aromatic heterocycles. The number of ether oxygens (including phenoxy) is 1. The summed E-state index contributed by atoms with van der Waals surface area (Å²) >= 11 is 5.89. The van der Waals surface area contributed by atoms with Gasteiger partial charge in [-0.2, -0.15) is 0 Å². The molecule has 0 saturated heterocycles. The summed E-state index contributed by atoms with van der Waals surface area (Å²) in [6.45, 7) is 3.81. The molecule has 0 aliphatic heterocycles. The van der Waals surface area contributed by atoms with Crippen molar-refractivity contribution in [3.05, 3.63) is 46.6 Å². The van der Waals surface area contributed by atoms with Gasteiger partial charge >= 0.3 is 0 Å². The van der Waals surface area contributed by atoms with Gasteiger partial charge in [-0.05, 0) is 37.6 Å². The Morgan fingerprint density at radius 3 is 2.67 bits per heavy atom. The molecule has 0 amide bonds. The van der Waals surface area contributed by atoms with Gasteiger partial charge in [0.1, 0.15) is 5.75 Å². The van der Waals surface area contributed by atoms with Gasteiger partial charge < -0.3 is 10.2 Å². The van der Waals surface area contributed by atoms with E-state index < -0.39 is 0 Å². The van der Waals surface area contributed by atoms with Crippen LogP contribution in [0.2, 0.25) is 5.02 Å². The van der Waals surface area contributed by atoms with Gasteiger partial charge in [0, 0.05) is 11.1 Å². The van der Waals surface area contributed by atoms with Gasteiger partial charge in [0.05, 0.1) is 11.4 Å². The fourth-order valence-electron chi connectivity index (χ4n) is 1.72. The van der Waals surface area contributed by atoms with E-state index in [4.69, 9.17) is 22.2 Å². The summed E-state index contributed by atoms with van der Waals surface area (Å²) in [6, 6.07) is 9.01. The number of hydrogen-bond acceptors (Lipinski definition) is 4. The van der Waals surface area contributed by atoms with Gasteiger partial charge in [-0.3, -0.25) is 5.84 Å². The van der Waals surface area contributed by atoms with Crippen LogP contribution in [0.1, 0.15) is 11.3 Å². The molecule has 0 fully saturated rings. The van der Waals surface area contributed by atoms with Crippen molar-refractivity contribution in [2.24, 2.45) is 5.84 Å². The van der Waals surface area contributed by atoms with Crippen molar-refractivity contribution in [1.29, 1.82) is 0 Å². The van der Waals surface area contributed by atoms with Crippen molar-refractivity contribution < 1.29 is 4.74 Å². The molecule has 94 valence electrons. The zero-order chi connectivity index (χ0) is 13.1. The molecule has 5 heteroatoms. The maximum absolute atomic E-state index is 5.89. The molecular weight excluding hydrogens is 250 g/mol. The van der Waals surface area contributed by atoms with Crippen LogP contribution in [0.5, 0.6) is 11.6 Å². The van der Waals surface area contributed by atoms with E-state index >= 15 is 0 Å². The third-order valence-corrected chi connectivity index (χ3v) is 2.77. The van der Waals surface area contributed by atoms with Crippen LogP contribution in [-0.2, 0) is 0 Å². The van der Waals surface area contributed by atoms with Crippen LogP contribution in [0.15, 0.2) is 30.3 Å². The number of anilines is 1. The van der Waals surface area contributed by atoms with Crippen molar-refractivity contribution in [2.45, 2.75) is 13.8 Å². The van der Waals surface area contributed by atoms with Gasteiger partial charge in [0.15, 0.2) is 0 Å². The predicted molar refractivity (Wildman–Crippen MR) is 73.0 cm³/mol. The highest BCUT2D eigenvalue weighted by Crippen LogP contribution is 2.27. The van der Waals surface area contributed by atoms with Crippen LogP contribution in [0.3, 0.4) is 0 Å². The number of aromatic nitrogens is 1. The second-order valence-corrected chi connectivity index (χ2v) is 4.38. The number of pyridine rings is 1. The van der Waals surface area contributed by atoms with E-state index in [9.17, 15) is 0 Å². The van der Waals surface area contributed by atoms with Crippen LogP contribution in [0, 0.1) is 13.8 Å². The van der Waals surface area contributed by atoms with Crippen LogP contribution in [0.4, 0.5) is 5.69 Å². The monoisotopic (exact) mass is 263 g/mol. The maximum Gasteiger partial charge on any atom is 0.219 e. The molecule has 1 aromatic carbocycles. The van der Waals surface area contributed by atoms with Crippen LogP contribution in [0.25, 0.3) is 0 Å². The van der Waals surface area contributed by atoms with Gasteiger partial charge in [0.2, 0.25) is 5.88 Å². The maximum atomic E-state index is 5.89. The van der Waals surface area contributed by atoms with E-state index in [2.05, 4.69) is 10.4 Å². The second kappa shape index (κ2) is 5.25. The SMILES string of the molecule is Cc1cc(Oc2cccc(Cl)c2)nc(C)c1NN. The molecule has 0 unspecified atom stereocenters. The molecule has 0 spiro atoms. The van der Waals surface area contributed by atoms with Crippen LogP contribution < -0.4 is 16.0 Å². The van der Waals surface area contributed by atoms with E-state index in [1.54, 1.807) is 12.1 Å². The minimum Gasteiger partial charge on any atom is -0.439 e. The number of benzene rings is 1. The highest BCUT2D eigenvalue weighted by Gasteiger charge is 2.07. The van der Waals surface area contributed by atoms with Crippen molar-refractivity contribution in [3.8, 4) is 11.6 Å². The summed E-state index contributed by atoms with van der Waals surface area (Å²) < 4.78 is 5.66. The lowest BCUT2D eigenvalue weighted by Gasteiger charge is -2.11. The lowest BCUT2D eigenvalue weighted by Crippen LogP contribution is -2.10. The summed E-state index contributed by atoms with van der Waals surface area (Å²) in [5.41, 5.74) is 5.20. The largest absolute Gasteiger partial charge is 0.439 e. The highest BCUT2D eigenvalue weighted by molar-refractivity contribution is 6.30. The fourth-order valence-corrected chi connectivity index (χ4v) is 1.90. The Labute approximate surface area is 111 Å². The van der Waals surface area contributed by atoms with E-state index in [-0.39, 0.29) is 0 Å². The van der Waals surface area contributed by atoms with Crippen LogP contribution >= 0.6 is 11.6 Å². The lowest BCUT2D eigenvalue weighted by molar-refractivity contribution is 0.461. The Kier molecular flexibility index (Phi) is 3.69. The smallest absolute Gasteiger partial charge is 0.219 e. The molecule has 0 aliphatic carbocycles. The zero-order valence-corrected chi connectivity index (χ0v) is 11.0. The molecule has 0 saturated carbocycles. The fraction of sp³-hybridized carbons (Fsp3) is 0.154. The summed E-state index contributed by atoms with van der Waals surface area (Å²) in [4.78, 5) is 4.32. The first-order valence-electron chi connectivity index (χ1n) is 5.48. The zero-order valence-electron chi connectivity index (χ0n) is 10.2. The molecule has 4 nitrogen and oxygen atoms in total. The van der Waals surface area contributed by atoms with Gasteiger partial charge in [0.25, 0.3) is 0 Å². The Morgan fingerprint density at radius 1 is 1.28 bits per heavy atom. The first kappa shape index (κ1) is 12.7. The molecule has 18 heavy (non-hydrogen) atoms. The first-order chi connectivity index (χ1) is 8.60.